The van der Waals surface area contributed by atoms with E-state index in [1.165, 1.54) is 0 Å². The maximum absolute atomic E-state index is 12.3. The van der Waals surface area contributed by atoms with Crippen LogP contribution in [0.2, 0.25) is 0 Å². The van der Waals surface area contributed by atoms with Crippen molar-refractivity contribution >= 4 is 38.8 Å². The van der Waals surface area contributed by atoms with Gasteiger partial charge in [0.25, 0.3) is 0 Å². The van der Waals surface area contributed by atoms with E-state index in [1.807, 2.05) is 48.5 Å². The number of fused-ring (bicyclic) bond motifs is 1. The third kappa shape index (κ3) is 3.62. The van der Waals surface area contributed by atoms with Crippen LogP contribution in [0.15, 0.2) is 53.0 Å². The lowest BCUT2D eigenvalue weighted by atomic mass is 10.1. The molecule has 4 nitrogen and oxygen atoms in total. The van der Waals surface area contributed by atoms with Crippen molar-refractivity contribution in [3.05, 3.63) is 58.6 Å². The third-order valence-electron chi connectivity index (χ3n) is 3.63. The number of amides is 1. The molecule has 0 atom stereocenters. The van der Waals surface area contributed by atoms with Crippen LogP contribution < -0.4 is 5.32 Å². The Bertz CT molecular complexity index is 824. The minimum atomic E-state index is -0.0556. The number of aryl methyl sites for hydroxylation is 1. The lowest BCUT2D eigenvalue weighted by Gasteiger charge is -2.09. The summed E-state index contributed by atoms with van der Waals surface area (Å²) >= 11 is 3.40. The molecule has 118 valence electrons. The van der Waals surface area contributed by atoms with E-state index in [-0.39, 0.29) is 5.91 Å². The Morgan fingerprint density at radius 2 is 1.91 bits per heavy atom. The van der Waals surface area contributed by atoms with Gasteiger partial charge in [-0.1, -0.05) is 47.1 Å². The van der Waals surface area contributed by atoms with Crippen LogP contribution in [0.4, 0.5) is 5.95 Å². The molecule has 1 N–H and O–H groups in total. The van der Waals surface area contributed by atoms with Crippen LogP contribution in [0.25, 0.3) is 11.0 Å². The highest BCUT2D eigenvalue weighted by Gasteiger charge is 2.12. The summed E-state index contributed by atoms with van der Waals surface area (Å²) in [4.78, 5) is 16.9. The molecule has 0 bridgehead atoms. The van der Waals surface area contributed by atoms with E-state index in [4.69, 9.17) is 0 Å². The first-order valence-electron chi connectivity index (χ1n) is 7.67. The Hall–Kier alpha value is -2.14. The molecule has 0 saturated carbocycles. The second kappa shape index (κ2) is 6.96. The van der Waals surface area contributed by atoms with Crippen molar-refractivity contribution in [2.24, 2.45) is 0 Å². The number of benzene rings is 2. The summed E-state index contributed by atoms with van der Waals surface area (Å²) in [5.41, 5.74) is 2.93. The number of hydrogen-bond donors (Lipinski definition) is 1. The number of para-hydroxylation sites is 2. The maximum Gasteiger partial charge on any atom is 0.231 e. The highest BCUT2D eigenvalue weighted by molar-refractivity contribution is 9.10. The zero-order valence-electron chi connectivity index (χ0n) is 12.9. The van der Waals surface area contributed by atoms with Gasteiger partial charge in [0, 0.05) is 11.0 Å². The van der Waals surface area contributed by atoms with E-state index < -0.39 is 0 Å². The van der Waals surface area contributed by atoms with Crippen molar-refractivity contribution in [2.45, 2.75) is 26.3 Å². The van der Waals surface area contributed by atoms with Gasteiger partial charge >= 0.3 is 0 Å². The quantitative estimate of drug-likeness (QED) is 0.722. The number of rotatable bonds is 5. The minimum Gasteiger partial charge on any atom is -0.310 e. The lowest BCUT2D eigenvalue weighted by molar-refractivity contribution is -0.115. The number of nitrogens with one attached hydrogen (secondary N) is 1. The SMILES string of the molecule is CCCn1c(NC(=O)Cc2ccc(Br)cc2)nc2ccccc21. The summed E-state index contributed by atoms with van der Waals surface area (Å²) in [6.07, 6.45) is 1.32. The first kappa shape index (κ1) is 15.7. The molecule has 1 aromatic heterocycles. The van der Waals surface area contributed by atoms with E-state index in [2.05, 4.69) is 37.7 Å². The maximum atomic E-state index is 12.3. The third-order valence-corrected chi connectivity index (χ3v) is 4.16. The summed E-state index contributed by atoms with van der Waals surface area (Å²) in [5.74, 6) is 0.565. The van der Waals surface area contributed by atoms with Gasteiger partial charge in [-0.15, -0.1) is 0 Å². The number of carbonyl (C=O) groups excluding carboxylic acids is 1. The van der Waals surface area contributed by atoms with Crippen LogP contribution in [0.1, 0.15) is 18.9 Å². The van der Waals surface area contributed by atoms with Gasteiger partial charge < -0.3 is 4.57 Å². The summed E-state index contributed by atoms with van der Waals surface area (Å²) < 4.78 is 3.07. The molecule has 2 aromatic carbocycles. The largest absolute Gasteiger partial charge is 0.310 e. The number of imidazole rings is 1. The van der Waals surface area contributed by atoms with Crippen LogP contribution in [-0.2, 0) is 17.8 Å². The summed E-state index contributed by atoms with van der Waals surface area (Å²) in [7, 11) is 0. The molecular formula is C18H18BrN3O. The number of carbonyl (C=O) groups is 1. The second-order valence-corrected chi connectivity index (χ2v) is 6.34. The average Bonchev–Trinajstić information content (AvgIpc) is 2.88. The first-order chi connectivity index (χ1) is 11.2. The van der Waals surface area contributed by atoms with E-state index in [9.17, 15) is 4.79 Å². The number of anilines is 1. The molecule has 23 heavy (non-hydrogen) atoms. The fourth-order valence-electron chi connectivity index (χ4n) is 2.58. The molecule has 0 fully saturated rings. The Labute approximate surface area is 143 Å². The predicted octanol–water partition coefficient (Wildman–Crippen LogP) is 4.39. The van der Waals surface area contributed by atoms with Gasteiger partial charge in [-0.2, -0.15) is 0 Å². The van der Waals surface area contributed by atoms with Crippen molar-refractivity contribution in [1.82, 2.24) is 9.55 Å². The molecule has 0 unspecified atom stereocenters. The standard InChI is InChI=1S/C18H18BrN3O/c1-2-11-22-16-6-4-3-5-15(16)20-18(22)21-17(23)12-13-7-9-14(19)10-8-13/h3-10H,2,11-12H2,1H3,(H,20,21,23). The molecule has 0 saturated heterocycles. The van der Waals surface area contributed by atoms with Gasteiger partial charge in [0.15, 0.2) is 0 Å². The van der Waals surface area contributed by atoms with Crippen LogP contribution in [0.3, 0.4) is 0 Å². The van der Waals surface area contributed by atoms with Gasteiger partial charge in [0.2, 0.25) is 11.9 Å². The van der Waals surface area contributed by atoms with Crippen LogP contribution in [-0.4, -0.2) is 15.5 Å². The van der Waals surface area contributed by atoms with Crippen molar-refractivity contribution in [2.75, 3.05) is 5.32 Å². The molecule has 1 amide bonds. The molecule has 3 rings (SSSR count). The number of hydrogen-bond acceptors (Lipinski definition) is 2. The average molecular weight is 372 g/mol. The Morgan fingerprint density at radius 3 is 2.65 bits per heavy atom. The van der Waals surface area contributed by atoms with Crippen LogP contribution in [0.5, 0.6) is 0 Å². The molecule has 0 spiro atoms. The lowest BCUT2D eigenvalue weighted by Crippen LogP contribution is -2.18. The van der Waals surface area contributed by atoms with Crippen molar-refractivity contribution < 1.29 is 4.79 Å². The normalized spacial score (nSPS) is 10.9. The van der Waals surface area contributed by atoms with Gasteiger partial charge in [-0.25, -0.2) is 4.98 Å². The fourth-order valence-corrected chi connectivity index (χ4v) is 2.84. The Kier molecular flexibility index (Phi) is 4.76. The number of nitrogens with zero attached hydrogens (tertiary/aromatic N) is 2. The number of aromatic nitrogens is 2. The second-order valence-electron chi connectivity index (χ2n) is 5.43. The Balaban J connectivity index is 1.81. The first-order valence-corrected chi connectivity index (χ1v) is 8.46. The summed E-state index contributed by atoms with van der Waals surface area (Å²) in [5, 5.41) is 2.95. The van der Waals surface area contributed by atoms with Crippen molar-refractivity contribution in [1.29, 1.82) is 0 Å². The zero-order valence-corrected chi connectivity index (χ0v) is 14.5. The minimum absolute atomic E-state index is 0.0556. The summed E-state index contributed by atoms with van der Waals surface area (Å²) in [6, 6.07) is 15.7. The van der Waals surface area contributed by atoms with E-state index in [0.717, 1.165) is 34.0 Å². The highest BCUT2D eigenvalue weighted by atomic mass is 79.9. The van der Waals surface area contributed by atoms with Gasteiger partial charge in [0.05, 0.1) is 17.5 Å². The molecule has 0 aliphatic rings. The van der Waals surface area contributed by atoms with Gasteiger partial charge in [-0.3, -0.25) is 10.1 Å². The molecule has 3 aromatic rings. The molecule has 0 aliphatic carbocycles. The Morgan fingerprint density at radius 1 is 1.17 bits per heavy atom. The molecule has 1 heterocycles. The molecule has 5 heteroatoms. The topological polar surface area (TPSA) is 46.9 Å². The zero-order chi connectivity index (χ0) is 16.2. The fraction of sp³-hybridized carbons (Fsp3) is 0.222. The smallest absolute Gasteiger partial charge is 0.231 e. The van der Waals surface area contributed by atoms with Crippen LogP contribution in [0, 0.1) is 0 Å². The number of halogens is 1. The monoisotopic (exact) mass is 371 g/mol. The van der Waals surface area contributed by atoms with Gasteiger partial charge in [0.1, 0.15) is 0 Å². The van der Waals surface area contributed by atoms with Crippen molar-refractivity contribution in [3.63, 3.8) is 0 Å². The van der Waals surface area contributed by atoms with Gasteiger partial charge in [-0.05, 0) is 36.2 Å². The van der Waals surface area contributed by atoms with E-state index in [1.54, 1.807) is 0 Å². The summed E-state index contributed by atoms with van der Waals surface area (Å²) in [6.45, 7) is 2.94. The molecular weight excluding hydrogens is 354 g/mol. The van der Waals surface area contributed by atoms with Crippen molar-refractivity contribution in [3.8, 4) is 0 Å². The predicted molar refractivity (Wildman–Crippen MR) is 96.5 cm³/mol. The molecule has 0 aliphatic heterocycles. The van der Waals surface area contributed by atoms with Crippen LogP contribution >= 0.6 is 15.9 Å². The molecule has 0 radical (unpaired) electrons. The highest BCUT2D eigenvalue weighted by Crippen LogP contribution is 2.20. The van der Waals surface area contributed by atoms with E-state index >= 15 is 0 Å². The van der Waals surface area contributed by atoms with E-state index in [0.29, 0.717) is 12.4 Å².